The number of rotatable bonds is 7. The van der Waals surface area contributed by atoms with Crippen molar-refractivity contribution in [3.8, 4) is 0 Å². The molecule has 0 aliphatic heterocycles. The first-order valence-electron chi connectivity index (χ1n) is 9.28. The first-order valence-corrected chi connectivity index (χ1v) is 9.28. The van der Waals surface area contributed by atoms with E-state index in [1.54, 1.807) is 24.3 Å². The Morgan fingerprint density at radius 1 is 1.22 bits per heavy atom. The first kappa shape index (κ1) is 18.8. The largest absolute Gasteiger partial charge is 0.357 e. The number of nitrogens with zero attached hydrogens (tertiary/aromatic N) is 5. The predicted octanol–water partition coefficient (Wildman–Crippen LogP) is 3.04. The van der Waals surface area contributed by atoms with Gasteiger partial charge in [-0.15, -0.1) is 0 Å². The molecule has 7 heteroatoms. The molecule has 7 nitrogen and oxygen atoms in total. The standard InChI is InChI=1S/C20H26N6O/c1-5-16(26-17-10-8-7-9-15(17)24-18(26)6-2)19(27)25(4)13-14-11-22-20(21-3)23-12-14/h7-12,16H,5-6,13H2,1-4H3,(H,21,22,23)/t16-/m1/s1. The average Bonchev–Trinajstić information content (AvgIpc) is 3.07. The molecule has 1 N–H and O–H groups in total. The van der Waals surface area contributed by atoms with Crippen molar-refractivity contribution < 1.29 is 4.79 Å². The van der Waals surface area contributed by atoms with Crippen LogP contribution in [0.5, 0.6) is 0 Å². The lowest BCUT2D eigenvalue weighted by Gasteiger charge is -2.25. The van der Waals surface area contributed by atoms with Crippen molar-refractivity contribution in [2.45, 2.75) is 39.3 Å². The highest BCUT2D eigenvalue weighted by atomic mass is 16.2. The number of hydrogen-bond donors (Lipinski definition) is 1. The highest BCUT2D eigenvalue weighted by molar-refractivity contribution is 5.84. The molecule has 0 aliphatic rings. The Kier molecular flexibility index (Phi) is 5.69. The number of likely N-dealkylation sites (N-methyl/N-ethyl adjacent to an activating group) is 1. The summed E-state index contributed by atoms with van der Waals surface area (Å²) in [4.78, 5) is 28.1. The van der Waals surface area contributed by atoms with E-state index in [-0.39, 0.29) is 11.9 Å². The van der Waals surface area contributed by atoms with Gasteiger partial charge in [0.2, 0.25) is 11.9 Å². The number of fused-ring (bicyclic) bond motifs is 1. The summed E-state index contributed by atoms with van der Waals surface area (Å²) in [5, 5.41) is 2.89. The molecule has 27 heavy (non-hydrogen) atoms. The van der Waals surface area contributed by atoms with E-state index in [2.05, 4.69) is 26.8 Å². The third-order valence-corrected chi connectivity index (χ3v) is 4.69. The van der Waals surface area contributed by atoms with Gasteiger partial charge in [0.25, 0.3) is 0 Å². The molecule has 0 aliphatic carbocycles. The lowest BCUT2D eigenvalue weighted by molar-refractivity contribution is -0.134. The molecule has 2 heterocycles. The molecule has 3 aromatic rings. The summed E-state index contributed by atoms with van der Waals surface area (Å²) >= 11 is 0. The fraction of sp³-hybridized carbons (Fsp3) is 0.400. The van der Waals surface area contributed by atoms with Crippen molar-refractivity contribution in [1.82, 2.24) is 24.4 Å². The molecule has 1 amide bonds. The zero-order chi connectivity index (χ0) is 19.4. The fourth-order valence-electron chi connectivity index (χ4n) is 3.33. The summed E-state index contributed by atoms with van der Waals surface area (Å²) in [5.74, 6) is 1.57. The summed E-state index contributed by atoms with van der Waals surface area (Å²) < 4.78 is 2.09. The van der Waals surface area contributed by atoms with Gasteiger partial charge in [-0.05, 0) is 18.6 Å². The molecule has 3 rings (SSSR count). The van der Waals surface area contributed by atoms with Gasteiger partial charge in [0.1, 0.15) is 11.9 Å². The number of carbonyl (C=O) groups is 1. The number of nitrogens with one attached hydrogen (secondary N) is 1. The highest BCUT2D eigenvalue weighted by Gasteiger charge is 2.26. The van der Waals surface area contributed by atoms with E-state index in [0.29, 0.717) is 18.9 Å². The molecular formula is C20H26N6O. The molecule has 2 aromatic heterocycles. The second kappa shape index (κ2) is 8.16. The second-order valence-corrected chi connectivity index (χ2v) is 6.52. The molecule has 0 radical (unpaired) electrons. The van der Waals surface area contributed by atoms with E-state index < -0.39 is 0 Å². The van der Waals surface area contributed by atoms with Crippen LogP contribution in [0.4, 0.5) is 5.95 Å². The fourth-order valence-corrected chi connectivity index (χ4v) is 3.33. The smallest absolute Gasteiger partial charge is 0.245 e. The number of amides is 1. The Balaban J connectivity index is 1.87. The zero-order valence-electron chi connectivity index (χ0n) is 16.3. The van der Waals surface area contributed by atoms with Crippen molar-refractivity contribution in [3.63, 3.8) is 0 Å². The summed E-state index contributed by atoms with van der Waals surface area (Å²) in [6.07, 6.45) is 4.97. The Bertz CT molecular complexity index is 918. The zero-order valence-corrected chi connectivity index (χ0v) is 16.3. The molecule has 142 valence electrons. The van der Waals surface area contributed by atoms with Crippen LogP contribution in [-0.2, 0) is 17.8 Å². The topological polar surface area (TPSA) is 75.9 Å². The molecule has 0 fully saturated rings. The van der Waals surface area contributed by atoms with Crippen LogP contribution < -0.4 is 5.32 Å². The Hall–Kier alpha value is -2.96. The third-order valence-electron chi connectivity index (χ3n) is 4.69. The maximum atomic E-state index is 13.2. The molecule has 1 aromatic carbocycles. The minimum absolute atomic E-state index is 0.0630. The van der Waals surface area contributed by atoms with E-state index in [1.165, 1.54) is 0 Å². The molecule has 0 bridgehead atoms. The summed E-state index contributed by atoms with van der Waals surface area (Å²) in [5.41, 5.74) is 2.83. The van der Waals surface area contributed by atoms with Gasteiger partial charge in [-0.3, -0.25) is 4.79 Å². The number of para-hydroxylation sites is 2. The van der Waals surface area contributed by atoms with Crippen LogP contribution in [0.1, 0.15) is 37.7 Å². The quantitative estimate of drug-likeness (QED) is 0.695. The van der Waals surface area contributed by atoms with Crippen LogP contribution in [-0.4, -0.2) is 44.4 Å². The number of anilines is 1. The third kappa shape index (κ3) is 3.77. The number of aryl methyl sites for hydroxylation is 1. The van der Waals surface area contributed by atoms with Gasteiger partial charge < -0.3 is 14.8 Å². The van der Waals surface area contributed by atoms with Crippen molar-refractivity contribution in [1.29, 1.82) is 0 Å². The van der Waals surface area contributed by atoms with Crippen molar-refractivity contribution in [3.05, 3.63) is 48.0 Å². The van der Waals surface area contributed by atoms with Gasteiger partial charge in [-0.25, -0.2) is 15.0 Å². The molecule has 0 unspecified atom stereocenters. The van der Waals surface area contributed by atoms with Gasteiger partial charge in [-0.2, -0.15) is 0 Å². The normalized spacial score (nSPS) is 12.1. The Morgan fingerprint density at radius 3 is 2.56 bits per heavy atom. The minimum atomic E-state index is -0.283. The van der Waals surface area contributed by atoms with Crippen LogP contribution in [0.3, 0.4) is 0 Å². The Labute approximate surface area is 159 Å². The Morgan fingerprint density at radius 2 is 1.93 bits per heavy atom. The number of benzene rings is 1. The maximum Gasteiger partial charge on any atom is 0.245 e. The number of aromatic nitrogens is 4. The number of carbonyl (C=O) groups excluding carboxylic acids is 1. The molecule has 0 saturated carbocycles. The lowest BCUT2D eigenvalue weighted by atomic mass is 10.1. The van der Waals surface area contributed by atoms with Crippen molar-refractivity contribution in [2.24, 2.45) is 0 Å². The SMILES string of the molecule is CCc1nc2ccccc2n1[C@H](CC)C(=O)N(C)Cc1cnc(NC)nc1. The van der Waals surface area contributed by atoms with Gasteiger partial charge in [0.05, 0.1) is 11.0 Å². The average molecular weight is 366 g/mol. The van der Waals surface area contributed by atoms with E-state index >= 15 is 0 Å². The molecule has 0 saturated heterocycles. The van der Waals surface area contributed by atoms with E-state index in [4.69, 9.17) is 4.98 Å². The van der Waals surface area contributed by atoms with Crippen LogP contribution in [0.15, 0.2) is 36.7 Å². The maximum absolute atomic E-state index is 13.2. The van der Waals surface area contributed by atoms with E-state index in [9.17, 15) is 4.79 Å². The van der Waals surface area contributed by atoms with E-state index in [0.717, 1.165) is 28.8 Å². The first-order chi connectivity index (χ1) is 13.1. The minimum Gasteiger partial charge on any atom is -0.357 e. The number of hydrogen-bond acceptors (Lipinski definition) is 5. The van der Waals surface area contributed by atoms with Gasteiger partial charge in [0, 0.05) is 45.0 Å². The summed E-state index contributed by atoms with van der Waals surface area (Å²) in [6, 6.07) is 7.70. The number of imidazole rings is 1. The molecular weight excluding hydrogens is 340 g/mol. The monoisotopic (exact) mass is 366 g/mol. The van der Waals surface area contributed by atoms with Gasteiger partial charge in [0.15, 0.2) is 0 Å². The van der Waals surface area contributed by atoms with Crippen LogP contribution in [0, 0.1) is 0 Å². The van der Waals surface area contributed by atoms with Gasteiger partial charge >= 0.3 is 0 Å². The summed E-state index contributed by atoms with van der Waals surface area (Å²) in [7, 11) is 3.60. The van der Waals surface area contributed by atoms with Gasteiger partial charge in [-0.1, -0.05) is 26.0 Å². The van der Waals surface area contributed by atoms with E-state index in [1.807, 2.05) is 38.2 Å². The van der Waals surface area contributed by atoms with Crippen LogP contribution >= 0.6 is 0 Å². The van der Waals surface area contributed by atoms with Crippen molar-refractivity contribution in [2.75, 3.05) is 19.4 Å². The van der Waals surface area contributed by atoms with Crippen LogP contribution in [0.25, 0.3) is 11.0 Å². The van der Waals surface area contributed by atoms with Crippen LogP contribution in [0.2, 0.25) is 0 Å². The second-order valence-electron chi connectivity index (χ2n) is 6.52. The summed E-state index contributed by atoms with van der Waals surface area (Å²) in [6.45, 7) is 4.57. The highest BCUT2D eigenvalue weighted by Crippen LogP contribution is 2.25. The van der Waals surface area contributed by atoms with Crippen molar-refractivity contribution >= 4 is 22.9 Å². The predicted molar refractivity (Wildman–Crippen MR) is 106 cm³/mol. The molecule has 0 spiro atoms. The lowest BCUT2D eigenvalue weighted by Crippen LogP contribution is -2.34. The molecule has 1 atom stereocenters.